The molecule has 0 heterocycles. The maximum absolute atomic E-state index is 12.6. The van der Waals surface area contributed by atoms with E-state index in [9.17, 15) is 14.7 Å². The zero-order chi connectivity index (χ0) is 22.3. The highest BCUT2D eigenvalue weighted by Gasteiger charge is 2.43. The van der Waals surface area contributed by atoms with Gasteiger partial charge in [0.15, 0.2) is 0 Å². The molecule has 2 saturated carbocycles. The van der Waals surface area contributed by atoms with Crippen LogP contribution < -0.4 is 0 Å². The van der Waals surface area contributed by atoms with Crippen LogP contribution in [0.5, 0.6) is 0 Å². The normalized spacial score (nSPS) is 23.7. The lowest BCUT2D eigenvalue weighted by atomic mass is 9.57. The number of ketones is 1. The van der Waals surface area contributed by atoms with E-state index in [0.29, 0.717) is 18.6 Å². The third kappa shape index (κ3) is 5.65. The predicted molar refractivity (Wildman–Crippen MR) is 123 cm³/mol. The minimum Gasteiger partial charge on any atom is -0.481 e. The number of rotatable bonds is 12. The third-order valence-electron chi connectivity index (χ3n) is 7.68. The van der Waals surface area contributed by atoms with Gasteiger partial charge >= 0.3 is 5.97 Å². The quantitative estimate of drug-likeness (QED) is 0.318. The number of unbranched alkanes of at least 4 members (excludes halogenated alkanes) is 1. The molecule has 3 atom stereocenters. The molecule has 4 nitrogen and oxygen atoms in total. The zero-order valence-corrected chi connectivity index (χ0v) is 18.9. The fourth-order valence-electron chi connectivity index (χ4n) is 5.90. The number of aliphatic hydroxyl groups excluding tert-OH is 1. The van der Waals surface area contributed by atoms with Crippen LogP contribution in [0.1, 0.15) is 101 Å². The van der Waals surface area contributed by atoms with Crippen molar-refractivity contribution in [3.05, 3.63) is 47.5 Å². The van der Waals surface area contributed by atoms with Gasteiger partial charge < -0.3 is 10.2 Å². The summed E-state index contributed by atoms with van der Waals surface area (Å²) in [7, 11) is 0. The average molecular weight is 427 g/mol. The highest BCUT2D eigenvalue weighted by atomic mass is 16.4. The van der Waals surface area contributed by atoms with Gasteiger partial charge in [-0.2, -0.15) is 0 Å². The van der Waals surface area contributed by atoms with Gasteiger partial charge in [0.1, 0.15) is 5.78 Å². The molecule has 0 aromatic heterocycles. The molecule has 1 aromatic rings. The van der Waals surface area contributed by atoms with Crippen LogP contribution in [0.3, 0.4) is 0 Å². The Morgan fingerprint density at radius 3 is 2.74 bits per heavy atom. The average Bonchev–Trinajstić information content (AvgIpc) is 3.09. The first-order chi connectivity index (χ1) is 15.0. The van der Waals surface area contributed by atoms with Crippen molar-refractivity contribution >= 4 is 11.8 Å². The highest BCUT2D eigenvalue weighted by Crippen LogP contribution is 2.54. The number of hydrogen-bond donors (Lipinski definition) is 2. The fraction of sp³-hybridized carbons (Fsp3) is 0.630. The molecule has 1 unspecified atom stereocenters. The Hall–Kier alpha value is -1.94. The SMILES string of the molecule is CCCC1(C(CO)c2cccc([C@H]3CCC(=O)[C@@H]3C/C=C\CCCC(=O)O)c2)CCC1. The summed E-state index contributed by atoms with van der Waals surface area (Å²) in [6, 6.07) is 8.68. The summed E-state index contributed by atoms with van der Waals surface area (Å²) < 4.78 is 0. The molecule has 0 spiro atoms. The Labute approximate surface area is 186 Å². The number of carbonyl (C=O) groups is 2. The molecule has 4 heteroatoms. The molecular weight excluding hydrogens is 388 g/mol. The lowest BCUT2D eigenvalue weighted by Crippen LogP contribution is -2.37. The van der Waals surface area contributed by atoms with Crippen molar-refractivity contribution in [1.82, 2.24) is 0 Å². The Morgan fingerprint density at radius 1 is 1.29 bits per heavy atom. The number of carbonyl (C=O) groups excluding carboxylic acids is 1. The summed E-state index contributed by atoms with van der Waals surface area (Å²) in [4.78, 5) is 23.2. The van der Waals surface area contributed by atoms with Crippen molar-refractivity contribution in [1.29, 1.82) is 0 Å². The van der Waals surface area contributed by atoms with E-state index in [4.69, 9.17) is 5.11 Å². The van der Waals surface area contributed by atoms with Gasteiger partial charge in [0.05, 0.1) is 6.61 Å². The largest absolute Gasteiger partial charge is 0.481 e. The third-order valence-corrected chi connectivity index (χ3v) is 7.68. The number of hydrogen-bond acceptors (Lipinski definition) is 3. The van der Waals surface area contributed by atoms with Crippen molar-refractivity contribution in [2.45, 2.75) is 89.4 Å². The molecule has 31 heavy (non-hydrogen) atoms. The predicted octanol–water partition coefficient (Wildman–Crippen LogP) is 6.00. The second-order valence-electron chi connectivity index (χ2n) is 9.58. The van der Waals surface area contributed by atoms with Crippen molar-refractivity contribution in [2.24, 2.45) is 11.3 Å². The van der Waals surface area contributed by atoms with Gasteiger partial charge in [-0.3, -0.25) is 9.59 Å². The molecule has 3 rings (SSSR count). The summed E-state index contributed by atoms with van der Waals surface area (Å²) >= 11 is 0. The van der Waals surface area contributed by atoms with E-state index in [2.05, 4.69) is 37.3 Å². The number of carboxylic acid groups (broad SMARTS) is 1. The van der Waals surface area contributed by atoms with Crippen LogP contribution in [0.25, 0.3) is 0 Å². The van der Waals surface area contributed by atoms with E-state index in [1.807, 2.05) is 6.08 Å². The minimum atomic E-state index is -0.761. The van der Waals surface area contributed by atoms with Gasteiger partial charge in [-0.15, -0.1) is 0 Å². The van der Waals surface area contributed by atoms with Crippen LogP contribution in [-0.2, 0) is 9.59 Å². The van der Waals surface area contributed by atoms with Crippen LogP contribution in [0.2, 0.25) is 0 Å². The molecular formula is C27H38O4. The van der Waals surface area contributed by atoms with Crippen LogP contribution in [0, 0.1) is 11.3 Å². The fourth-order valence-corrected chi connectivity index (χ4v) is 5.90. The first kappa shape index (κ1) is 23.7. The van der Waals surface area contributed by atoms with E-state index in [-0.39, 0.29) is 36.2 Å². The van der Waals surface area contributed by atoms with Gasteiger partial charge in [-0.1, -0.05) is 56.2 Å². The van der Waals surface area contributed by atoms with E-state index in [0.717, 1.165) is 25.7 Å². The molecule has 170 valence electrons. The topological polar surface area (TPSA) is 74.6 Å². The molecule has 2 N–H and O–H groups in total. The van der Waals surface area contributed by atoms with Gasteiger partial charge in [0.2, 0.25) is 0 Å². The lowest BCUT2D eigenvalue weighted by molar-refractivity contribution is -0.137. The first-order valence-electron chi connectivity index (χ1n) is 12.1. The minimum absolute atomic E-state index is 0.00635. The summed E-state index contributed by atoms with van der Waals surface area (Å²) in [5, 5.41) is 19.0. The molecule has 2 aliphatic carbocycles. The number of benzene rings is 1. The van der Waals surface area contributed by atoms with E-state index >= 15 is 0 Å². The van der Waals surface area contributed by atoms with E-state index < -0.39 is 5.97 Å². The molecule has 2 fully saturated rings. The van der Waals surface area contributed by atoms with E-state index in [1.165, 1.54) is 36.8 Å². The highest BCUT2D eigenvalue weighted by molar-refractivity contribution is 5.84. The van der Waals surface area contributed by atoms with Gasteiger partial charge in [0.25, 0.3) is 0 Å². The van der Waals surface area contributed by atoms with Crippen LogP contribution in [0.4, 0.5) is 0 Å². The smallest absolute Gasteiger partial charge is 0.303 e. The van der Waals surface area contributed by atoms with Crippen molar-refractivity contribution < 1.29 is 19.8 Å². The number of aliphatic carboxylic acids is 1. The molecule has 0 bridgehead atoms. The second kappa shape index (κ2) is 11.1. The maximum atomic E-state index is 12.6. The Bertz CT molecular complexity index is 777. The van der Waals surface area contributed by atoms with Gasteiger partial charge in [0, 0.05) is 24.7 Å². The van der Waals surface area contributed by atoms with Crippen molar-refractivity contribution in [3.8, 4) is 0 Å². The Morgan fingerprint density at radius 2 is 2.10 bits per heavy atom. The van der Waals surface area contributed by atoms with Crippen molar-refractivity contribution in [3.63, 3.8) is 0 Å². The molecule has 0 amide bonds. The number of allylic oxidation sites excluding steroid dienone is 2. The van der Waals surface area contributed by atoms with Gasteiger partial charge in [-0.25, -0.2) is 0 Å². The number of Topliss-reactive ketones (excluding diaryl/α,β-unsaturated/α-hetero) is 1. The summed E-state index contributed by atoms with van der Waals surface area (Å²) in [5.74, 6) is 0.00512. The zero-order valence-electron chi connectivity index (χ0n) is 18.9. The summed E-state index contributed by atoms with van der Waals surface area (Å²) in [6.07, 6.45) is 13.9. The lowest BCUT2D eigenvalue weighted by Gasteiger charge is -2.48. The molecule has 2 aliphatic rings. The number of carboxylic acids is 1. The Kier molecular flexibility index (Phi) is 8.48. The molecule has 0 saturated heterocycles. The number of aliphatic hydroxyl groups is 1. The monoisotopic (exact) mass is 426 g/mol. The standard InChI is InChI=1S/C27H38O4/c1-2-15-27(16-8-17-27)24(19-28)21-10-7-9-20(18-21)22-13-14-25(29)23(22)11-5-3-4-6-12-26(30)31/h3,5,7,9-10,18,22-24,28H,2,4,6,8,11-17,19H2,1H3,(H,30,31)/b5-3-/t22-,23-,24?/m1/s1. The Balaban J connectivity index is 1.70. The van der Waals surface area contributed by atoms with Crippen LogP contribution in [0.15, 0.2) is 36.4 Å². The first-order valence-corrected chi connectivity index (χ1v) is 12.1. The summed E-state index contributed by atoms with van der Waals surface area (Å²) in [5.41, 5.74) is 2.71. The van der Waals surface area contributed by atoms with Crippen molar-refractivity contribution in [2.75, 3.05) is 6.61 Å². The second-order valence-corrected chi connectivity index (χ2v) is 9.58. The van der Waals surface area contributed by atoms with E-state index in [1.54, 1.807) is 0 Å². The maximum Gasteiger partial charge on any atom is 0.303 e. The summed E-state index contributed by atoms with van der Waals surface area (Å²) in [6.45, 7) is 2.42. The van der Waals surface area contributed by atoms with Gasteiger partial charge in [-0.05, 0) is 67.4 Å². The molecule has 1 aromatic carbocycles. The van der Waals surface area contributed by atoms with Crippen LogP contribution >= 0.6 is 0 Å². The molecule has 0 aliphatic heterocycles. The molecule has 0 radical (unpaired) electrons. The van der Waals surface area contributed by atoms with Crippen LogP contribution in [-0.4, -0.2) is 28.6 Å².